The second-order valence-corrected chi connectivity index (χ2v) is 7.44. The topological polar surface area (TPSA) is 38.8 Å². The zero-order valence-electron chi connectivity index (χ0n) is 14.1. The predicted octanol–water partition coefficient (Wildman–Crippen LogP) is 3.99. The Morgan fingerprint density at radius 3 is 2.84 bits per heavy atom. The Morgan fingerprint density at radius 2 is 2.08 bits per heavy atom. The molecule has 2 aliphatic heterocycles. The number of hydrogen-bond donors (Lipinski definition) is 0. The number of carbonyl (C=O) groups excluding carboxylic acids is 1. The van der Waals surface area contributed by atoms with Crippen LogP contribution in [0, 0.1) is 0 Å². The molecular weight excluding hydrogens is 382 g/mol. The second kappa shape index (κ2) is 6.90. The largest absolute Gasteiger partial charge is 0.497 e. The molecule has 5 heteroatoms. The van der Waals surface area contributed by atoms with Crippen LogP contribution in [-0.2, 0) is 11.2 Å². The Hall–Kier alpha value is -1.69. The number of hydrogen-bond acceptors (Lipinski definition) is 4. The summed E-state index contributed by atoms with van der Waals surface area (Å²) >= 11 is 3.54. The van der Waals surface area contributed by atoms with Crippen LogP contribution in [0.1, 0.15) is 34.1 Å². The number of halogens is 1. The molecule has 0 radical (unpaired) electrons. The van der Waals surface area contributed by atoms with E-state index in [4.69, 9.17) is 9.47 Å². The first-order chi connectivity index (χ1) is 12.2. The van der Waals surface area contributed by atoms with Gasteiger partial charge in [0.1, 0.15) is 12.0 Å². The van der Waals surface area contributed by atoms with E-state index in [1.54, 1.807) is 7.11 Å². The molecule has 1 saturated heterocycles. The van der Waals surface area contributed by atoms with Crippen LogP contribution in [-0.4, -0.2) is 37.0 Å². The minimum atomic E-state index is -0.0227. The maximum absolute atomic E-state index is 12.6. The lowest BCUT2D eigenvalue weighted by Crippen LogP contribution is -2.39. The zero-order chi connectivity index (χ0) is 17.4. The molecule has 0 N–H and O–H groups in total. The highest BCUT2D eigenvalue weighted by molar-refractivity contribution is 9.10. The lowest BCUT2D eigenvalue weighted by molar-refractivity contribution is 0.0215. The summed E-state index contributed by atoms with van der Waals surface area (Å²) in [5.41, 5.74) is 3.29. The molecule has 0 bridgehead atoms. The molecule has 0 amide bonds. The third-order valence-electron chi connectivity index (χ3n) is 5.06. The zero-order valence-corrected chi connectivity index (χ0v) is 15.7. The predicted molar refractivity (Wildman–Crippen MR) is 99.0 cm³/mol. The highest BCUT2D eigenvalue weighted by atomic mass is 79.9. The number of ketones is 1. The molecule has 2 atom stereocenters. The molecule has 4 nitrogen and oxygen atoms in total. The van der Waals surface area contributed by atoms with Gasteiger partial charge in [-0.2, -0.15) is 0 Å². The van der Waals surface area contributed by atoms with Crippen molar-refractivity contribution in [3.05, 3.63) is 63.6 Å². The van der Waals surface area contributed by atoms with Crippen LogP contribution in [0.4, 0.5) is 0 Å². The first-order valence-electron chi connectivity index (χ1n) is 8.48. The Balaban J connectivity index is 1.48. The van der Waals surface area contributed by atoms with E-state index in [1.807, 2.05) is 24.3 Å². The van der Waals surface area contributed by atoms with E-state index in [2.05, 4.69) is 39.0 Å². The van der Waals surface area contributed by atoms with Gasteiger partial charge in [0.15, 0.2) is 5.78 Å². The number of benzene rings is 2. The monoisotopic (exact) mass is 401 g/mol. The molecule has 2 unspecified atom stereocenters. The van der Waals surface area contributed by atoms with Crippen LogP contribution < -0.4 is 4.74 Å². The molecule has 0 spiro atoms. The fourth-order valence-corrected chi connectivity index (χ4v) is 4.13. The normalized spacial score (nSPS) is 22.3. The van der Waals surface area contributed by atoms with E-state index in [-0.39, 0.29) is 18.1 Å². The fraction of sp³-hybridized carbons (Fsp3) is 0.350. The van der Waals surface area contributed by atoms with E-state index in [1.165, 1.54) is 11.1 Å². The Morgan fingerprint density at radius 1 is 1.28 bits per heavy atom. The SMILES string of the molecule is COc1ccc(C(=O)CC2COC3c4ccc(Br)cc4CCN23)cc1. The van der Waals surface area contributed by atoms with Crippen LogP contribution in [0.2, 0.25) is 0 Å². The van der Waals surface area contributed by atoms with Crippen molar-refractivity contribution >= 4 is 21.7 Å². The van der Waals surface area contributed by atoms with Crippen molar-refractivity contribution < 1.29 is 14.3 Å². The van der Waals surface area contributed by atoms with Crippen molar-refractivity contribution in [2.24, 2.45) is 0 Å². The molecule has 0 saturated carbocycles. The third kappa shape index (κ3) is 3.24. The molecule has 130 valence electrons. The summed E-state index contributed by atoms with van der Waals surface area (Å²) in [6.45, 7) is 1.52. The van der Waals surface area contributed by atoms with Crippen molar-refractivity contribution in [2.75, 3.05) is 20.3 Å². The summed E-state index contributed by atoms with van der Waals surface area (Å²) in [4.78, 5) is 15.0. The van der Waals surface area contributed by atoms with Gasteiger partial charge in [-0.3, -0.25) is 9.69 Å². The minimum absolute atomic E-state index is 0.0227. The average molecular weight is 402 g/mol. The van der Waals surface area contributed by atoms with Gasteiger partial charge in [0.05, 0.1) is 13.7 Å². The molecule has 2 aromatic rings. The first-order valence-corrected chi connectivity index (χ1v) is 9.28. The molecular formula is C20H20BrNO3. The van der Waals surface area contributed by atoms with Crippen LogP contribution in [0.3, 0.4) is 0 Å². The first kappa shape index (κ1) is 16.8. The fourth-order valence-electron chi connectivity index (χ4n) is 3.72. The summed E-state index contributed by atoms with van der Waals surface area (Å²) < 4.78 is 12.3. The quantitative estimate of drug-likeness (QED) is 0.726. The third-order valence-corrected chi connectivity index (χ3v) is 5.55. The van der Waals surface area contributed by atoms with Gasteiger partial charge in [0.2, 0.25) is 0 Å². The van der Waals surface area contributed by atoms with E-state index in [0.717, 1.165) is 28.8 Å². The lowest BCUT2D eigenvalue weighted by Gasteiger charge is -2.33. The summed E-state index contributed by atoms with van der Waals surface area (Å²) in [5, 5.41) is 0. The Labute approximate surface area is 155 Å². The average Bonchev–Trinajstić information content (AvgIpc) is 3.04. The number of fused-ring (bicyclic) bond motifs is 3. The Bertz CT molecular complexity index is 790. The maximum Gasteiger partial charge on any atom is 0.164 e. The number of rotatable bonds is 4. The number of Topliss-reactive ketones (excluding diaryl/α,β-unsaturated/α-hetero) is 1. The maximum atomic E-state index is 12.6. The number of nitrogens with zero attached hydrogens (tertiary/aromatic N) is 1. The molecule has 0 aliphatic carbocycles. The second-order valence-electron chi connectivity index (χ2n) is 6.53. The molecule has 2 aromatic carbocycles. The van der Waals surface area contributed by atoms with Gasteiger partial charge in [0, 0.05) is 29.0 Å². The van der Waals surface area contributed by atoms with Crippen LogP contribution in [0.25, 0.3) is 0 Å². The number of ether oxygens (including phenoxy) is 2. The van der Waals surface area contributed by atoms with Crippen molar-refractivity contribution in [2.45, 2.75) is 25.1 Å². The summed E-state index contributed by atoms with van der Waals surface area (Å²) in [6.07, 6.45) is 1.45. The van der Waals surface area contributed by atoms with Gasteiger partial charge < -0.3 is 9.47 Å². The van der Waals surface area contributed by atoms with E-state index in [9.17, 15) is 4.79 Å². The summed E-state index contributed by atoms with van der Waals surface area (Å²) in [6, 6.07) is 13.8. The Kier molecular flexibility index (Phi) is 4.63. The summed E-state index contributed by atoms with van der Waals surface area (Å²) in [7, 11) is 1.62. The standard InChI is InChI=1S/C20H20BrNO3/c1-24-17-5-2-13(3-6-17)19(23)11-16-12-25-20-18-7-4-15(21)10-14(18)8-9-22(16)20/h2-7,10,16,20H,8-9,11-12H2,1H3. The van der Waals surface area contributed by atoms with E-state index >= 15 is 0 Å². The van der Waals surface area contributed by atoms with Crippen LogP contribution in [0.5, 0.6) is 5.75 Å². The van der Waals surface area contributed by atoms with Gasteiger partial charge in [-0.25, -0.2) is 0 Å². The van der Waals surface area contributed by atoms with Crippen molar-refractivity contribution in [1.82, 2.24) is 4.90 Å². The van der Waals surface area contributed by atoms with Crippen molar-refractivity contribution in [1.29, 1.82) is 0 Å². The van der Waals surface area contributed by atoms with Gasteiger partial charge in [-0.05, 0) is 53.9 Å². The highest BCUT2D eigenvalue weighted by Crippen LogP contribution is 2.38. The molecule has 0 aromatic heterocycles. The molecule has 2 heterocycles. The number of methoxy groups -OCH3 is 1. The van der Waals surface area contributed by atoms with E-state index in [0.29, 0.717) is 13.0 Å². The lowest BCUT2D eigenvalue weighted by atomic mass is 9.96. The molecule has 1 fully saturated rings. The van der Waals surface area contributed by atoms with Crippen molar-refractivity contribution in [3.8, 4) is 5.75 Å². The molecule has 25 heavy (non-hydrogen) atoms. The molecule has 2 aliphatic rings. The molecule has 4 rings (SSSR count). The van der Waals surface area contributed by atoms with Gasteiger partial charge in [0.25, 0.3) is 0 Å². The highest BCUT2D eigenvalue weighted by Gasteiger charge is 2.39. The van der Waals surface area contributed by atoms with Gasteiger partial charge in [-0.15, -0.1) is 0 Å². The summed E-state index contributed by atoms with van der Waals surface area (Å²) in [5.74, 6) is 0.915. The smallest absolute Gasteiger partial charge is 0.164 e. The van der Waals surface area contributed by atoms with Crippen LogP contribution >= 0.6 is 15.9 Å². The van der Waals surface area contributed by atoms with Crippen molar-refractivity contribution in [3.63, 3.8) is 0 Å². The van der Waals surface area contributed by atoms with E-state index < -0.39 is 0 Å². The minimum Gasteiger partial charge on any atom is -0.497 e. The van der Waals surface area contributed by atoms with Crippen LogP contribution in [0.15, 0.2) is 46.9 Å². The van der Waals surface area contributed by atoms with Gasteiger partial charge >= 0.3 is 0 Å². The number of carbonyl (C=O) groups is 1. The van der Waals surface area contributed by atoms with Gasteiger partial charge in [-0.1, -0.05) is 22.0 Å².